The van der Waals surface area contributed by atoms with E-state index >= 15 is 0 Å². The SMILES string of the molecule is CCCS(=O)(=O)NCc1c(C)ncc2c1CCN(C(=O)CC1=CCCCC1)C2. The van der Waals surface area contributed by atoms with Crippen molar-refractivity contribution in [2.24, 2.45) is 0 Å². The molecule has 154 valence electrons. The summed E-state index contributed by atoms with van der Waals surface area (Å²) in [4.78, 5) is 19.1. The standard InChI is InChI=1S/C21H31N3O3S/c1-3-11-28(26,27)23-14-20-16(2)22-13-18-15-24(10-9-19(18)20)21(25)12-17-7-5-4-6-8-17/h7,13,23H,3-6,8-12,14-15H2,1-2H3. The van der Waals surface area contributed by atoms with Crippen LogP contribution >= 0.6 is 0 Å². The number of aryl methyl sites for hydroxylation is 1. The molecule has 1 N–H and O–H groups in total. The van der Waals surface area contributed by atoms with Gasteiger partial charge in [-0.3, -0.25) is 9.78 Å². The average Bonchev–Trinajstić information content (AvgIpc) is 2.67. The van der Waals surface area contributed by atoms with Gasteiger partial charge in [0.1, 0.15) is 0 Å². The maximum atomic E-state index is 12.7. The Kier molecular flexibility index (Phi) is 6.88. The summed E-state index contributed by atoms with van der Waals surface area (Å²) in [5.74, 6) is 0.316. The molecule has 6 nitrogen and oxygen atoms in total. The predicted molar refractivity (Wildman–Crippen MR) is 110 cm³/mol. The first-order chi connectivity index (χ1) is 13.4. The number of nitrogens with zero attached hydrogens (tertiary/aromatic N) is 2. The Balaban J connectivity index is 1.70. The normalized spacial score (nSPS) is 17.2. The van der Waals surface area contributed by atoms with E-state index < -0.39 is 10.0 Å². The van der Waals surface area contributed by atoms with E-state index in [0.717, 1.165) is 41.6 Å². The highest BCUT2D eigenvalue weighted by Crippen LogP contribution is 2.26. The van der Waals surface area contributed by atoms with Crippen LogP contribution in [0.15, 0.2) is 17.8 Å². The lowest BCUT2D eigenvalue weighted by atomic mass is 9.93. The van der Waals surface area contributed by atoms with Gasteiger partial charge in [0, 0.05) is 37.9 Å². The zero-order valence-corrected chi connectivity index (χ0v) is 17.8. The molecule has 0 fully saturated rings. The summed E-state index contributed by atoms with van der Waals surface area (Å²) < 4.78 is 26.7. The molecule has 2 heterocycles. The maximum absolute atomic E-state index is 12.7. The molecule has 1 amide bonds. The summed E-state index contributed by atoms with van der Waals surface area (Å²) in [6.07, 6.45) is 10.5. The Bertz CT molecular complexity index is 862. The fourth-order valence-electron chi connectivity index (χ4n) is 4.06. The zero-order valence-electron chi connectivity index (χ0n) is 17.0. The van der Waals surface area contributed by atoms with Crippen LogP contribution in [0.5, 0.6) is 0 Å². The number of hydrogen-bond donors (Lipinski definition) is 1. The molecule has 1 aromatic heterocycles. The molecule has 0 saturated carbocycles. The highest BCUT2D eigenvalue weighted by molar-refractivity contribution is 7.89. The molecular formula is C21H31N3O3S. The lowest BCUT2D eigenvalue weighted by Gasteiger charge is -2.31. The van der Waals surface area contributed by atoms with Crippen molar-refractivity contribution in [3.05, 3.63) is 40.2 Å². The molecule has 7 heteroatoms. The average molecular weight is 406 g/mol. The van der Waals surface area contributed by atoms with Crippen molar-refractivity contribution in [3.8, 4) is 0 Å². The number of allylic oxidation sites excluding steroid dienone is 1. The van der Waals surface area contributed by atoms with Crippen LogP contribution in [0.25, 0.3) is 0 Å². The van der Waals surface area contributed by atoms with Crippen molar-refractivity contribution >= 4 is 15.9 Å². The van der Waals surface area contributed by atoms with Gasteiger partial charge in [-0.2, -0.15) is 0 Å². The van der Waals surface area contributed by atoms with E-state index in [4.69, 9.17) is 0 Å². The van der Waals surface area contributed by atoms with Crippen LogP contribution in [0.2, 0.25) is 0 Å². The summed E-state index contributed by atoms with van der Waals surface area (Å²) >= 11 is 0. The molecule has 1 aromatic rings. The topological polar surface area (TPSA) is 79.4 Å². The molecule has 0 saturated heterocycles. The number of carbonyl (C=O) groups is 1. The highest BCUT2D eigenvalue weighted by atomic mass is 32.2. The van der Waals surface area contributed by atoms with Crippen LogP contribution in [-0.4, -0.2) is 36.5 Å². The second-order valence-corrected chi connectivity index (χ2v) is 9.74. The van der Waals surface area contributed by atoms with Crippen LogP contribution in [0.4, 0.5) is 0 Å². The fourth-order valence-corrected chi connectivity index (χ4v) is 5.11. The third-order valence-electron chi connectivity index (χ3n) is 5.65. The fraction of sp³-hybridized carbons (Fsp3) is 0.619. The zero-order chi connectivity index (χ0) is 20.1. The van der Waals surface area contributed by atoms with Gasteiger partial charge in [-0.05, 0) is 62.1 Å². The van der Waals surface area contributed by atoms with E-state index in [1.807, 2.05) is 24.9 Å². The number of hydrogen-bond acceptors (Lipinski definition) is 4. The van der Waals surface area contributed by atoms with Gasteiger partial charge in [0.2, 0.25) is 15.9 Å². The quantitative estimate of drug-likeness (QED) is 0.707. The predicted octanol–water partition coefficient (Wildman–Crippen LogP) is 2.99. The molecule has 0 bridgehead atoms. The van der Waals surface area contributed by atoms with Gasteiger partial charge in [-0.1, -0.05) is 18.6 Å². The monoisotopic (exact) mass is 405 g/mol. The van der Waals surface area contributed by atoms with Gasteiger partial charge >= 0.3 is 0 Å². The number of nitrogens with one attached hydrogen (secondary N) is 1. The van der Waals surface area contributed by atoms with Gasteiger partial charge in [-0.15, -0.1) is 0 Å². The number of sulfonamides is 1. The Morgan fingerprint density at radius 2 is 2.11 bits per heavy atom. The van der Waals surface area contributed by atoms with Crippen molar-refractivity contribution in [1.82, 2.24) is 14.6 Å². The number of amides is 1. The molecule has 2 aliphatic rings. The molecule has 3 rings (SSSR count). The van der Waals surface area contributed by atoms with Gasteiger partial charge in [-0.25, -0.2) is 13.1 Å². The number of carbonyl (C=O) groups excluding carboxylic acids is 1. The van der Waals surface area contributed by atoms with Gasteiger partial charge in [0.05, 0.1) is 5.75 Å². The number of fused-ring (bicyclic) bond motifs is 1. The lowest BCUT2D eigenvalue weighted by Crippen LogP contribution is -2.37. The van der Waals surface area contributed by atoms with Crippen LogP contribution < -0.4 is 4.72 Å². The molecule has 0 spiro atoms. The largest absolute Gasteiger partial charge is 0.338 e. The summed E-state index contributed by atoms with van der Waals surface area (Å²) in [6, 6.07) is 0. The van der Waals surface area contributed by atoms with E-state index in [0.29, 0.717) is 25.9 Å². The second-order valence-electron chi connectivity index (χ2n) is 7.82. The maximum Gasteiger partial charge on any atom is 0.226 e. The second kappa shape index (κ2) is 9.18. The first kappa shape index (κ1) is 21.0. The molecule has 0 aromatic carbocycles. The van der Waals surface area contributed by atoms with E-state index in [1.54, 1.807) is 0 Å². The van der Waals surface area contributed by atoms with Crippen LogP contribution in [0.3, 0.4) is 0 Å². The minimum atomic E-state index is -3.26. The summed E-state index contributed by atoms with van der Waals surface area (Å²) in [5.41, 5.74) is 5.26. The molecule has 0 radical (unpaired) electrons. The number of aromatic nitrogens is 1. The van der Waals surface area contributed by atoms with Gasteiger partial charge < -0.3 is 4.90 Å². The first-order valence-electron chi connectivity index (χ1n) is 10.3. The third-order valence-corrected chi connectivity index (χ3v) is 7.18. The van der Waals surface area contributed by atoms with E-state index in [9.17, 15) is 13.2 Å². The van der Waals surface area contributed by atoms with Crippen molar-refractivity contribution < 1.29 is 13.2 Å². The lowest BCUT2D eigenvalue weighted by molar-refractivity contribution is -0.131. The van der Waals surface area contributed by atoms with Crippen molar-refractivity contribution in [2.75, 3.05) is 12.3 Å². The smallest absolute Gasteiger partial charge is 0.226 e. The molecule has 0 unspecified atom stereocenters. The highest BCUT2D eigenvalue weighted by Gasteiger charge is 2.25. The third kappa shape index (κ3) is 5.20. The van der Waals surface area contributed by atoms with Crippen LogP contribution in [-0.2, 0) is 34.3 Å². The molecule has 1 aliphatic heterocycles. The molecular weight excluding hydrogens is 374 g/mol. The van der Waals surface area contributed by atoms with Crippen molar-refractivity contribution in [1.29, 1.82) is 0 Å². The molecule has 28 heavy (non-hydrogen) atoms. The Labute approximate surface area is 168 Å². The van der Waals surface area contributed by atoms with Crippen molar-refractivity contribution in [2.45, 2.75) is 71.9 Å². The minimum Gasteiger partial charge on any atom is -0.338 e. The van der Waals surface area contributed by atoms with E-state index in [1.165, 1.54) is 18.4 Å². The Hall–Kier alpha value is -1.73. The summed E-state index contributed by atoms with van der Waals surface area (Å²) in [6.45, 7) is 5.27. The van der Waals surface area contributed by atoms with E-state index in [-0.39, 0.29) is 18.2 Å². The first-order valence-corrected chi connectivity index (χ1v) is 11.9. The minimum absolute atomic E-state index is 0.132. The van der Waals surface area contributed by atoms with Crippen molar-refractivity contribution in [3.63, 3.8) is 0 Å². The van der Waals surface area contributed by atoms with Gasteiger partial charge in [0.15, 0.2) is 0 Å². The van der Waals surface area contributed by atoms with E-state index in [2.05, 4.69) is 15.8 Å². The molecule has 1 aliphatic carbocycles. The Morgan fingerprint density at radius 1 is 1.29 bits per heavy atom. The number of rotatable bonds is 7. The summed E-state index contributed by atoms with van der Waals surface area (Å²) in [7, 11) is -3.26. The van der Waals surface area contributed by atoms with Gasteiger partial charge in [0.25, 0.3) is 0 Å². The number of pyridine rings is 1. The summed E-state index contributed by atoms with van der Waals surface area (Å²) in [5, 5.41) is 0. The Morgan fingerprint density at radius 3 is 2.82 bits per heavy atom. The van der Waals surface area contributed by atoms with Crippen LogP contribution in [0, 0.1) is 6.92 Å². The molecule has 0 atom stereocenters. The van der Waals surface area contributed by atoms with Crippen LogP contribution in [0.1, 0.15) is 67.8 Å².